The highest BCUT2D eigenvalue weighted by Crippen LogP contribution is 2.42. The summed E-state index contributed by atoms with van der Waals surface area (Å²) < 4.78 is 10.5. The van der Waals surface area contributed by atoms with E-state index in [9.17, 15) is 34.2 Å². The number of fused-ring (bicyclic) bond motifs is 8. The molecular weight excluding hydrogens is 1550 g/mol. The minimum atomic E-state index is -0.907. The van der Waals surface area contributed by atoms with Crippen LogP contribution in [0.3, 0.4) is 0 Å². The number of carbonyl (C=O) groups excluding carboxylic acids is 4. The topological polar surface area (TPSA) is 338 Å². The average Bonchev–Trinajstić information content (AvgIpc) is 1.75. The van der Waals surface area contributed by atoms with Crippen molar-refractivity contribution in [2.24, 2.45) is 0 Å². The number of phenols is 1. The standard InChI is InChI=1S/C25H17ClN2O.C16H14N2O3.C15H11ClN2O.C14H16O3.C13H14O3.C12H10O2.CO2/c26-18-10-6-9-17(13-18)23-14-20(16-7-2-1-3-8-16)21-15-24(29)27-22-12-5-4-11-19(22)25(21)28-23;1-2-20-15(19)11-7-9-12(10-8-11)17-16-18-13-5-3-4-6-14(13)21-16;16-10-4-5-13-14(6-7-17-15(13)8-10)18-11-2-1-3-12(19)9-11;1-8-3-10(7-15)5-13-11(8)4-9(2)12(13)6-14(16)17;1-8-4-10-3-2-9(7-14)5-12(10)11(8)6-13(15)16;13-12(14)8-7-10-6-5-9-3-1-2-4-11(9)10;2-1-3/h1-14H,15H2,(H,27,29);3-10H,2H2,1H3,(H,17,18);1-9,19H,(H,17,18);3,5,15H,4,6-7H2,1-2H3,(H,16,17);2-3,5,14H,4,6-7H2,1H3,(H,15,16);1-4,6-8H,5H2,(H,13,14);/b;;;;;8-7+;. The summed E-state index contributed by atoms with van der Waals surface area (Å²) in [6.45, 7) is 8.09. The van der Waals surface area contributed by atoms with Crippen LogP contribution >= 0.6 is 23.2 Å². The first-order valence-electron chi connectivity index (χ1n) is 37.7. The van der Waals surface area contributed by atoms with Gasteiger partial charge in [-0.05, 0) is 246 Å². The van der Waals surface area contributed by atoms with E-state index in [0.717, 1.165) is 170 Å². The molecule has 1 amide bonds. The molecule has 0 fully saturated rings. The third-order valence-electron chi connectivity index (χ3n) is 19.5. The number of rotatable bonds is 16. The number of nitrogens with zero attached hydrogens (tertiary/aromatic N) is 3. The number of aromatic nitrogens is 3. The number of carboxylic acids is 3. The third-order valence-corrected chi connectivity index (χ3v) is 19.9. The van der Waals surface area contributed by atoms with Crippen molar-refractivity contribution in [1.82, 2.24) is 15.0 Å². The lowest BCUT2D eigenvalue weighted by atomic mass is 9.92. The number of hydrogen-bond acceptors (Lipinski definition) is 17. The van der Waals surface area contributed by atoms with Gasteiger partial charge in [-0.15, -0.1) is 0 Å². The molecule has 1 aliphatic heterocycles. The summed E-state index contributed by atoms with van der Waals surface area (Å²) in [6.07, 6.45) is 9.79. The number of aliphatic carboxylic acids is 3. The molecule has 9 N–H and O–H groups in total. The number of nitrogens with one attached hydrogen (secondary N) is 3. The highest BCUT2D eigenvalue weighted by atomic mass is 35.5. The van der Waals surface area contributed by atoms with E-state index in [0.29, 0.717) is 28.2 Å². The van der Waals surface area contributed by atoms with Crippen LogP contribution in [0, 0.1) is 6.92 Å². The van der Waals surface area contributed by atoms with Crippen molar-refractivity contribution >= 4 is 127 Å². The van der Waals surface area contributed by atoms with Crippen LogP contribution in [0.2, 0.25) is 10.0 Å². The summed E-state index contributed by atoms with van der Waals surface area (Å²) in [5.74, 6) is -2.66. The zero-order valence-electron chi connectivity index (χ0n) is 65.1. The van der Waals surface area contributed by atoms with E-state index >= 15 is 0 Å². The maximum atomic E-state index is 12.6. The Hall–Kier alpha value is -14.2. The highest BCUT2D eigenvalue weighted by Gasteiger charge is 2.27. The number of aliphatic hydroxyl groups is 2. The van der Waals surface area contributed by atoms with Gasteiger partial charge in [-0.1, -0.05) is 162 Å². The normalized spacial score (nSPS) is 12.2. The molecule has 0 atom stereocenters. The van der Waals surface area contributed by atoms with Crippen molar-refractivity contribution in [3.05, 3.63) is 343 Å². The van der Waals surface area contributed by atoms with Crippen LogP contribution in [0.25, 0.3) is 72.4 Å². The van der Waals surface area contributed by atoms with Gasteiger partial charge in [-0.3, -0.25) is 19.4 Å². The first kappa shape index (κ1) is 85.7. The summed E-state index contributed by atoms with van der Waals surface area (Å²) in [4.78, 5) is 86.1. The van der Waals surface area contributed by atoms with E-state index in [2.05, 4.69) is 50.2 Å². The van der Waals surface area contributed by atoms with Gasteiger partial charge in [0.25, 0.3) is 6.01 Å². The fourth-order valence-electron chi connectivity index (χ4n) is 14.0. The van der Waals surface area contributed by atoms with Gasteiger partial charge in [0.15, 0.2) is 5.58 Å². The number of para-hydroxylation sites is 3. The molecule has 0 spiro atoms. The molecule has 0 unspecified atom stereocenters. The number of phenolic OH excluding ortho intramolecular Hbond substituents is 1. The first-order valence-corrected chi connectivity index (χ1v) is 38.5. The molecule has 3 aliphatic carbocycles. The second-order valence-electron chi connectivity index (χ2n) is 27.7. The number of pyridine rings is 2. The highest BCUT2D eigenvalue weighted by molar-refractivity contribution is 6.31. The smallest absolute Gasteiger partial charge is 0.373 e. The number of aryl methyl sites for hydroxylation is 1. The molecule has 119 heavy (non-hydrogen) atoms. The van der Waals surface area contributed by atoms with E-state index < -0.39 is 17.9 Å². The molecule has 21 nitrogen and oxygen atoms in total. The molecule has 0 saturated heterocycles. The van der Waals surface area contributed by atoms with Crippen molar-refractivity contribution in [2.45, 2.75) is 79.4 Å². The Labute approximate surface area is 695 Å². The first-order chi connectivity index (χ1) is 57.5. The van der Waals surface area contributed by atoms with Crippen LogP contribution in [0.15, 0.2) is 277 Å². The van der Waals surface area contributed by atoms with Crippen LogP contribution < -0.4 is 16.0 Å². The third kappa shape index (κ3) is 22.7. The zero-order valence-corrected chi connectivity index (χ0v) is 66.7. The number of anilines is 5. The SMILES string of the molecule is CC1=C(CC(=O)O)c2cc(CO)cc(C)c2C1.CC1=C(CC(=O)O)c2cc(CO)ccc2C1.CCOC(=O)c1ccc(Nc2nc3ccccc3o2)cc1.O=C(O)/C=C/C1=CCc2ccccc21.O=C1Cc2c(-c3ccccc3)cc(-c3cccc(Cl)c3)nc2-c2ccccc2N1.O=C=O.Oc1cccc(Nc2ccnc3cc(Cl)ccc23)c1. The molecule has 13 aromatic rings. The van der Waals surface area contributed by atoms with Crippen LogP contribution in [-0.4, -0.2) is 88.1 Å². The summed E-state index contributed by atoms with van der Waals surface area (Å²) in [5, 5.41) is 65.7. The number of halogens is 2. The van der Waals surface area contributed by atoms with Crippen molar-refractivity contribution in [3.8, 4) is 39.4 Å². The molecule has 0 saturated carbocycles. The molecule has 23 heteroatoms. The Morgan fingerprint density at radius 2 is 1.24 bits per heavy atom. The summed E-state index contributed by atoms with van der Waals surface area (Å²) in [6, 6.07) is 74.7. The molecular formula is C96H82Cl2N6O15. The number of oxazole rings is 1. The number of amides is 1. The monoisotopic (exact) mass is 1630 g/mol. The molecule has 0 bridgehead atoms. The number of carbonyl (C=O) groups is 5. The Morgan fingerprint density at radius 3 is 1.95 bits per heavy atom. The number of aliphatic hydroxyl groups excluding tert-OH is 2. The fourth-order valence-corrected chi connectivity index (χ4v) is 14.4. The van der Waals surface area contributed by atoms with Gasteiger partial charge in [0.2, 0.25) is 5.91 Å². The Balaban J connectivity index is 0.000000141. The average molecular weight is 1630 g/mol. The van der Waals surface area contributed by atoms with Crippen molar-refractivity contribution in [1.29, 1.82) is 0 Å². The summed E-state index contributed by atoms with van der Waals surface area (Å²) >= 11 is 12.2. The lowest BCUT2D eigenvalue weighted by Gasteiger charge is -2.15. The number of benzene rings is 10. The lowest BCUT2D eigenvalue weighted by Crippen LogP contribution is -2.13. The maximum absolute atomic E-state index is 12.6. The lowest BCUT2D eigenvalue weighted by molar-refractivity contribution is -0.191. The maximum Gasteiger partial charge on any atom is 0.373 e. The van der Waals surface area contributed by atoms with Crippen LogP contribution in [0.4, 0.5) is 28.8 Å². The predicted octanol–water partition coefficient (Wildman–Crippen LogP) is 20.3. The largest absolute Gasteiger partial charge is 0.508 e. The number of esters is 1. The van der Waals surface area contributed by atoms with Gasteiger partial charge in [0.05, 0.1) is 67.2 Å². The van der Waals surface area contributed by atoms with Crippen molar-refractivity contribution in [3.63, 3.8) is 0 Å². The molecule has 17 rings (SSSR count). The van der Waals surface area contributed by atoms with E-state index in [1.165, 1.54) is 17.2 Å². The molecule has 3 aromatic heterocycles. The number of ether oxygens (including phenoxy) is 1. The fraction of sp³-hybridized carbons (Fsp3) is 0.135. The van der Waals surface area contributed by atoms with E-state index in [1.807, 2.05) is 197 Å². The van der Waals surface area contributed by atoms with Gasteiger partial charge in [-0.25, -0.2) is 14.6 Å². The molecule has 10 aromatic carbocycles. The number of aromatic hydroxyl groups is 1. The van der Waals surface area contributed by atoms with Gasteiger partial charge in [0, 0.05) is 62.0 Å². The van der Waals surface area contributed by atoms with Crippen molar-refractivity contribution < 1.29 is 73.4 Å². The van der Waals surface area contributed by atoms with E-state index in [1.54, 1.807) is 61.7 Å². The van der Waals surface area contributed by atoms with Crippen LogP contribution in [0.5, 0.6) is 5.75 Å². The summed E-state index contributed by atoms with van der Waals surface area (Å²) in [7, 11) is 0. The zero-order chi connectivity index (χ0) is 84.7. The number of allylic oxidation sites excluding steroid dienone is 5. The van der Waals surface area contributed by atoms with E-state index in [4.69, 9.17) is 67.4 Å². The quantitative estimate of drug-likeness (QED) is 0.0320. The second-order valence-corrected chi connectivity index (χ2v) is 28.5. The number of carboxylic acid groups (broad SMARTS) is 3. The number of hydrogen-bond donors (Lipinski definition) is 9. The van der Waals surface area contributed by atoms with Gasteiger partial charge in [0.1, 0.15) is 11.3 Å². The predicted molar refractivity (Wildman–Crippen MR) is 462 cm³/mol. The van der Waals surface area contributed by atoms with Crippen LogP contribution in [-0.2, 0) is 72.4 Å². The molecule has 600 valence electrons. The van der Waals surface area contributed by atoms with Crippen LogP contribution in [0.1, 0.15) is 99.6 Å². The molecule has 4 aliphatic rings. The minimum absolute atomic E-state index is 0.00643. The van der Waals surface area contributed by atoms with Gasteiger partial charge < -0.3 is 55.7 Å². The second kappa shape index (κ2) is 40.9. The van der Waals surface area contributed by atoms with Gasteiger partial charge in [-0.2, -0.15) is 14.6 Å². The summed E-state index contributed by atoms with van der Waals surface area (Å²) in [5.41, 5.74) is 27.3. The van der Waals surface area contributed by atoms with Crippen molar-refractivity contribution in [2.75, 3.05) is 22.6 Å². The Bertz CT molecular complexity index is 6080. The Morgan fingerprint density at radius 1 is 0.580 bits per heavy atom. The molecule has 0 radical (unpaired) electrons. The Kier molecular flexibility index (Phi) is 29.5. The van der Waals surface area contributed by atoms with E-state index in [-0.39, 0.29) is 56.3 Å². The minimum Gasteiger partial charge on any atom is -0.508 e. The molecule has 4 heterocycles. The van der Waals surface area contributed by atoms with Gasteiger partial charge >= 0.3 is 30.0 Å².